The Morgan fingerprint density at radius 2 is 0.804 bits per heavy atom. The molecule has 3 atom stereocenters. The molecule has 5 nitrogen and oxygen atoms in total. The summed E-state index contributed by atoms with van der Waals surface area (Å²) in [5.74, 6) is -0.156. The summed E-state index contributed by atoms with van der Waals surface area (Å²) in [5.41, 5.74) is 0. The smallest absolute Gasteiger partial charge is 0.220 e. The lowest BCUT2D eigenvalue weighted by atomic mass is 10.0. The Hall–Kier alpha value is -1.17. The van der Waals surface area contributed by atoms with Crippen LogP contribution in [0.4, 0.5) is 0 Å². The van der Waals surface area contributed by atoms with E-state index in [-0.39, 0.29) is 12.5 Å². The van der Waals surface area contributed by atoms with Crippen LogP contribution in [-0.4, -0.2) is 46.1 Å². The minimum absolute atomic E-state index is 0.156. The van der Waals surface area contributed by atoms with Crippen molar-refractivity contribution in [2.45, 2.75) is 257 Å². The Kier molecular flexibility index (Phi) is 40.6. The number of amides is 1. The molecule has 0 spiro atoms. The van der Waals surface area contributed by atoms with Gasteiger partial charge < -0.3 is 20.6 Å². The quantitative estimate of drug-likeness (QED) is 0.0374. The molecule has 1 amide bonds. The molecule has 302 valence electrons. The average Bonchev–Trinajstić information content (AvgIpc) is 3.13. The average molecular weight is 720 g/mol. The first-order chi connectivity index (χ1) is 25.1. The SMILES string of the molecule is CCCCC/C=C/CC/C=C/CCCC(O)C(O)C(CO)NC(=O)CCCCCCCCCCCCCCCCCCCCCCCCCCC. The van der Waals surface area contributed by atoms with E-state index in [1.165, 1.54) is 167 Å². The van der Waals surface area contributed by atoms with E-state index >= 15 is 0 Å². The molecule has 0 heterocycles. The molecule has 0 aromatic rings. The van der Waals surface area contributed by atoms with Gasteiger partial charge in [0.05, 0.1) is 18.8 Å². The number of rotatable bonds is 41. The first kappa shape index (κ1) is 49.8. The molecule has 0 aliphatic carbocycles. The van der Waals surface area contributed by atoms with Gasteiger partial charge in [0.2, 0.25) is 5.91 Å². The molecule has 0 bridgehead atoms. The molecular weight excluding hydrogens is 631 g/mol. The highest BCUT2D eigenvalue weighted by atomic mass is 16.3. The standard InChI is InChI=1S/C46H89NO4/c1-3-5-7-9-11-13-15-17-18-19-20-21-22-23-24-25-26-27-28-29-31-33-35-37-39-41-45(50)47-43(42-48)46(51)44(49)40-38-36-34-32-30-16-14-12-10-8-6-4-2/h12,14,32,34,43-44,46,48-49,51H,3-11,13,15-31,33,35-42H2,1-2H3,(H,47,50)/b14-12+,34-32+. The fourth-order valence-electron chi connectivity index (χ4n) is 7.00. The molecular formula is C46H89NO4. The van der Waals surface area contributed by atoms with E-state index < -0.39 is 18.2 Å². The largest absolute Gasteiger partial charge is 0.394 e. The van der Waals surface area contributed by atoms with Gasteiger partial charge in [-0.2, -0.15) is 0 Å². The molecule has 0 rings (SSSR count). The second kappa shape index (κ2) is 41.6. The van der Waals surface area contributed by atoms with Crippen molar-refractivity contribution in [3.05, 3.63) is 24.3 Å². The molecule has 51 heavy (non-hydrogen) atoms. The summed E-state index contributed by atoms with van der Waals surface area (Å²) in [4.78, 5) is 12.4. The lowest BCUT2D eigenvalue weighted by Gasteiger charge is -2.26. The Morgan fingerprint density at radius 3 is 1.20 bits per heavy atom. The van der Waals surface area contributed by atoms with Gasteiger partial charge in [0.25, 0.3) is 0 Å². The normalized spacial score (nSPS) is 13.7. The third-order valence-corrected chi connectivity index (χ3v) is 10.5. The van der Waals surface area contributed by atoms with E-state index in [9.17, 15) is 20.1 Å². The number of allylic oxidation sites excluding steroid dienone is 4. The summed E-state index contributed by atoms with van der Waals surface area (Å²) in [6.07, 6.45) is 50.2. The Morgan fingerprint density at radius 1 is 0.471 bits per heavy atom. The zero-order chi connectivity index (χ0) is 37.3. The van der Waals surface area contributed by atoms with Gasteiger partial charge >= 0.3 is 0 Å². The van der Waals surface area contributed by atoms with Crippen LogP contribution in [0.2, 0.25) is 0 Å². The number of unbranched alkanes of at least 4 members (excludes halogenated alkanes) is 29. The number of aliphatic hydroxyl groups is 3. The van der Waals surface area contributed by atoms with Crippen LogP contribution in [0, 0.1) is 0 Å². The molecule has 4 N–H and O–H groups in total. The number of aliphatic hydroxyl groups excluding tert-OH is 3. The van der Waals surface area contributed by atoms with Crippen molar-refractivity contribution in [2.75, 3.05) is 6.61 Å². The molecule has 0 radical (unpaired) electrons. The van der Waals surface area contributed by atoms with Gasteiger partial charge in [-0.1, -0.05) is 205 Å². The summed E-state index contributed by atoms with van der Waals surface area (Å²) < 4.78 is 0. The van der Waals surface area contributed by atoms with Crippen molar-refractivity contribution >= 4 is 5.91 Å². The zero-order valence-corrected chi connectivity index (χ0v) is 34.2. The topological polar surface area (TPSA) is 89.8 Å². The third kappa shape index (κ3) is 37.0. The molecule has 0 aromatic heterocycles. The van der Waals surface area contributed by atoms with Crippen LogP contribution >= 0.6 is 0 Å². The molecule has 0 aromatic carbocycles. The Bertz CT molecular complexity index is 754. The van der Waals surface area contributed by atoms with Crippen LogP contribution in [-0.2, 0) is 4.79 Å². The Balaban J connectivity index is 3.56. The molecule has 0 fully saturated rings. The van der Waals surface area contributed by atoms with Crippen LogP contribution in [0.15, 0.2) is 24.3 Å². The summed E-state index contributed by atoms with van der Waals surface area (Å²) in [6, 6.07) is -0.827. The number of hydrogen-bond acceptors (Lipinski definition) is 4. The van der Waals surface area contributed by atoms with Crippen LogP contribution in [0.3, 0.4) is 0 Å². The molecule has 0 saturated heterocycles. The maximum atomic E-state index is 12.4. The lowest BCUT2D eigenvalue weighted by molar-refractivity contribution is -0.124. The summed E-state index contributed by atoms with van der Waals surface area (Å²) in [6.45, 7) is 4.14. The van der Waals surface area contributed by atoms with Crippen LogP contribution in [0.25, 0.3) is 0 Å². The third-order valence-electron chi connectivity index (χ3n) is 10.5. The van der Waals surface area contributed by atoms with Gasteiger partial charge in [-0.05, 0) is 51.4 Å². The maximum Gasteiger partial charge on any atom is 0.220 e. The van der Waals surface area contributed by atoms with Crippen LogP contribution in [0.5, 0.6) is 0 Å². The van der Waals surface area contributed by atoms with E-state index in [4.69, 9.17) is 0 Å². The van der Waals surface area contributed by atoms with Crippen LogP contribution < -0.4 is 5.32 Å². The van der Waals surface area contributed by atoms with E-state index in [0.717, 1.165) is 44.9 Å². The number of nitrogens with one attached hydrogen (secondary N) is 1. The molecule has 0 saturated carbocycles. The van der Waals surface area contributed by atoms with Crippen LogP contribution in [0.1, 0.15) is 239 Å². The van der Waals surface area contributed by atoms with E-state index in [0.29, 0.717) is 12.8 Å². The summed E-state index contributed by atoms with van der Waals surface area (Å²) in [7, 11) is 0. The van der Waals surface area contributed by atoms with Gasteiger partial charge in [0.15, 0.2) is 0 Å². The minimum Gasteiger partial charge on any atom is -0.394 e. The summed E-state index contributed by atoms with van der Waals surface area (Å²) >= 11 is 0. The highest BCUT2D eigenvalue weighted by molar-refractivity contribution is 5.76. The van der Waals surface area contributed by atoms with Gasteiger partial charge in [-0.3, -0.25) is 4.79 Å². The fraction of sp³-hybridized carbons (Fsp3) is 0.891. The highest BCUT2D eigenvalue weighted by Gasteiger charge is 2.26. The Labute approximate surface area is 318 Å². The van der Waals surface area contributed by atoms with Gasteiger partial charge in [-0.25, -0.2) is 0 Å². The van der Waals surface area contributed by atoms with Crippen molar-refractivity contribution < 1.29 is 20.1 Å². The first-order valence-electron chi connectivity index (χ1n) is 22.6. The lowest BCUT2D eigenvalue weighted by Crippen LogP contribution is -2.50. The number of hydrogen-bond donors (Lipinski definition) is 4. The van der Waals surface area contributed by atoms with Gasteiger partial charge in [-0.15, -0.1) is 0 Å². The molecule has 3 unspecified atom stereocenters. The van der Waals surface area contributed by atoms with Crippen molar-refractivity contribution in [1.82, 2.24) is 5.32 Å². The summed E-state index contributed by atoms with van der Waals surface area (Å²) in [5, 5.41) is 33.4. The number of carbonyl (C=O) groups excluding carboxylic acids is 1. The molecule has 0 aliphatic rings. The van der Waals surface area contributed by atoms with Crippen molar-refractivity contribution in [2.24, 2.45) is 0 Å². The van der Waals surface area contributed by atoms with E-state index in [2.05, 4.69) is 43.5 Å². The van der Waals surface area contributed by atoms with Gasteiger partial charge in [0, 0.05) is 6.42 Å². The zero-order valence-electron chi connectivity index (χ0n) is 34.2. The molecule has 0 aliphatic heterocycles. The van der Waals surface area contributed by atoms with E-state index in [1.807, 2.05) is 0 Å². The van der Waals surface area contributed by atoms with Crippen molar-refractivity contribution in [3.8, 4) is 0 Å². The highest BCUT2D eigenvalue weighted by Crippen LogP contribution is 2.16. The van der Waals surface area contributed by atoms with E-state index in [1.54, 1.807) is 0 Å². The van der Waals surface area contributed by atoms with Crippen molar-refractivity contribution in [1.29, 1.82) is 0 Å². The maximum absolute atomic E-state index is 12.4. The monoisotopic (exact) mass is 720 g/mol. The van der Waals surface area contributed by atoms with Gasteiger partial charge in [0.1, 0.15) is 6.10 Å². The number of carbonyl (C=O) groups is 1. The molecule has 5 heteroatoms. The van der Waals surface area contributed by atoms with Crippen molar-refractivity contribution in [3.63, 3.8) is 0 Å². The second-order valence-electron chi connectivity index (χ2n) is 15.6. The predicted molar refractivity (Wildman–Crippen MR) is 222 cm³/mol. The predicted octanol–water partition coefficient (Wildman–Crippen LogP) is 13.0. The fourth-order valence-corrected chi connectivity index (χ4v) is 7.00. The minimum atomic E-state index is -1.16. The first-order valence-corrected chi connectivity index (χ1v) is 22.6. The second-order valence-corrected chi connectivity index (χ2v) is 15.6.